The van der Waals surface area contributed by atoms with E-state index in [1.54, 1.807) is 11.9 Å². The molecule has 2 aliphatic carbocycles. The molecule has 10 nitrogen and oxygen atoms in total. The lowest BCUT2D eigenvalue weighted by Gasteiger charge is -2.45. The predicted octanol–water partition coefficient (Wildman–Crippen LogP) is 3.97. The van der Waals surface area contributed by atoms with Gasteiger partial charge in [0.15, 0.2) is 0 Å². The number of halogens is 1. The van der Waals surface area contributed by atoms with Gasteiger partial charge in [-0.2, -0.15) is 0 Å². The molecule has 1 aromatic carbocycles. The topological polar surface area (TPSA) is 142 Å². The molecule has 3 atom stereocenters. The van der Waals surface area contributed by atoms with Crippen LogP contribution in [0.25, 0.3) is 0 Å². The second-order valence-electron chi connectivity index (χ2n) is 13.6. The Morgan fingerprint density at radius 2 is 1.91 bits per heavy atom. The summed E-state index contributed by atoms with van der Waals surface area (Å²) in [6, 6.07) is 3.11. The number of amides is 2. The zero-order chi connectivity index (χ0) is 30.5. The van der Waals surface area contributed by atoms with E-state index in [9.17, 15) is 19.5 Å². The molecule has 3 heterocycles. The first kappa shape index (κ1) is 30.1. The fraction of sp³-hybridized carbons (Fsp3) is 0.656. The first-order valence-corrected chi connectivity index (χ1v) is 16.2. The third kappa shape index (κ3) is 5.57. The van der Waals surface area contributed by atoms with Crippen molar-refractivity contribution in [1.82, 2.24) is 14.8 Å². The van der Waals surface area contributed by atoms with E-state index < -0.39 is 23.3 Å². The fourth-order valence-electron chi connectivity index (χ4n) is 7.85. The summed E-state index contributed by atoms with van der Waals surface area (Å²) in [7, 11) is 0. The number of hydrogen-bond acceptors (Lipinski definition) is 7. The second-order valence-corrected chi connectivity index (χ2v) is 14.0. The van der Waals surface area contributed by atoms with Crippen molar-refractivity contribution in [3.63, 3.8) is 0 Å². The highest BCUT2D eigenvalue weighted by molar-refractivity contribution is 6.31. The quantitative estimate of drug-likeness (QED) is 0.392. The summed E-state index contributed by atoms with van der Waals surface area (Å²) in [5.41, 5.74) is 8.54. The van der Waals surface area contributed by atoms with E-state index in [-0.39, 0.29) is 23.8 Å². The minimum absolute atomic E-state index is 0.0665. The van der Waals surface area contributed by atoms with Crippen LogP contribution < -0.4 is 16.3 Å². The second kappa shape index (κ2) is 11.5. The van der Waals surface area contributed by atoms with E-state index in [2.05, 4.69) is 0 Å². The summed E-state index contributed by atoms with van der Waals surface area (Å²) in [5, 5.41) is 12.5. The number of hydrogen-bond donors (Lipinski definition) is 3. The van der Waals surface area contributed by atoms with Crippen molar-refractivity contribution >= 4 is 29.4 Å². The fourth-order valence-corrected chi connectivity index (χ4v) is 8.11. The van der Waals surface area contributed by atoms with E-state index in [1.807, 2.05) is 21.9 Å². The van der Waals surface area contributed by atoms with Crippen LogP contribution in [0.5, 0.6) is 5.75 Å². The Kier molecular flexibility index (Phi) is 8.04. The molecule has 1 aromatic rings. The maximum absolute atomic E-state index is 14.4. The number of allylic oxidation sites excluding steroid dienone is 1. The largest absolute Gasteiger partial charge is 0.487 e. The number of piperidine rings is 1. The van der Waals surface area contributed by atoms with Gasteiger partial charge in [-0.25, -0.2) is 5.84 Å². The van der Waals surface area contributed by atoms with E-state index in [0.29, 0.717) is 61.8 Å². The summed E-state index contributed by atoms with van der Waals surface area (Å²) in [5.74, 6) is 5.13. The summed E-state index contributed by atoms with van der Waals surface area (Å²) < 4.78 is 6.39. The van der Waals surface area contributed by atoms with Crippen molar-refractivity contribution in [2.75, 3.05) is 32.8 Å². The van der Waals surface area contributed by atoms with Gasteiger partial charge in [0.2, 0.25) is 11.8 Å². The molecule has 0 aromatic heterocycles. The van der Waals surface area contributed by atoms with Gasteiger partial charge >= 0.3 is 5.97 Å². The van der Waals surface area contributed by atoms with Crippen molar-refractivity contribution in [2.45, 2.75) is 83.6 Å². The number of carboxylic acid groups (broad SMARTS) is 1. The smallest absolute Gasteiger partial charge is 0.310 e. The van der Waals surface area contributed by atoms with Gasteiger partial charge in [0, 0.05) is 43.2 Å². The maximum Gasteiger partial charge on any atom is 0.310 e. The molecular weight excluding hydrogens is 570 g/mol. The Balaban J connectivity index is 1.36. The zero-order valence-corrected chi connectivity index (χ0v) is 25.8. The Bertz CT molecular complexity index is 1350. The first-order chi connectivity index (χ1) is 20.5. The molecule has 3 aliphatic heterocycles. The molecule has 234 valence electrons. The van der Waals surface area contributed by atoms with Gasteiger partial charge in [0.25, 0.3) is 0 Å². The number of hydrazine groups is 1. The summed E-state index contributed by atoms with van der Waals surface area (Å²) in [6.07, 6.45) is 8.56. The van der Waals surface area contributed by atoms with Crippen LogP contribution in [0, 0.1) is 16.7 Å². The van der Waals surface area contributed by atoms with Crippen LogP contribution in [0.2, 0.25) is 5.02 Å². The van der Waals surface area contributed by atoms with Crippen LogP contribution in [-0.2, 0) is 20.8 Å². The van der Waals surface area contributed by atoms with Crippen LogP contribution >= 0.6 is 11.6 Å². The van der Waals surface area contributed by atoms with Crippen LogP contribution in [0.1, 0.15) is 88.3 Å². The molecule has 4 fully saturated rings. The van der Waals surface area contributed by atoms with E-state index in [4.69, 9.17) is 27.9 Å². The number of nitrogens with two attached hydrogens (primary N) is 2. The number of rotatable bonds is 7. The molecule has 2 saturated carbocycles. The number of carbonyl (C=O) groups is 3. The average molecular weight is 614 g/mol. The molecule has 43 heavy (non-hydrogen) atoms. The Hall–Kier alpha value is -2.98. The minimum atomic E-state index is -1.13. The van der Waals surface area contributed by atoms with Crippen LogP contribution in [-0.4, -0.2) is 70.5 Å². The standard InChI is InChI=1S/C32H44ClN5O5/c1-31(30(41)42)11-4-2-6-21(31)29(40)37-15-10-20-22(33)8-9-26(43-18-23(34)24-7-3-5-14-38(24)35)28(20)25(37)17-36-19-32(12-13-32)16-27(36)39/h8-9,21,25H,2-7,10-19,34-35H2,1H3,(H,41,42)/b24-23-/t21-,25+,31-/m0/s1. The van der Waals surface area contributed by atoms with Crippen molar-refractivity contribution in [3.05, 3.63) is 39.7 Å². The molecule has 1 spiro atoms. The molecule has 11 heteroatoms. The third-order valence-corrected chi connectivity index (χ3v) is 11.1. The highest BCUT2D eigenvalue weighted by Crippen LogP contribution is 2.54. The summed E-state index contributed by atoms with van der Waals surface area (Å²) in [4.78, 5) is 43.8. The SMILES string of the molecule is C[C@]1(C(=O)O)CCCC[C@H]1C(=O)N1CCc2c(Cl)ccc(OC/C(N)=C3\CCCCN3N)c2[C@H]1CN1CC2(CC2)CC1=O. The van der Waals surface area contributed by atoms with Crippen molar-refractivity contribution < 1.29 is 24.2 Å². The minimum Gasteiger partial charge on any atom is -0.487 e. The molecule has 0 bridgehead atoms. The van der Waals surface area contributed by atoms with Gasteiger partial charge in [0.1, 0.15) is 12.4 Å². The predicted molar refractivity (Wildman–Crippen MR) is 162 cm³/mol. The van der Waals surface area contributed by atoms with Crippen LogP contribution in [0.3, 0.4) is 0 Å². The van der Waals surface area contributed by atoms with E-state index >= 15 is 0 Å². The molecule has 0 radical (unpaired) electrons. The number of carboxylic acids is 1. The van der Waals surface area contributed by atoms with Crippen LogP contribution in [0.15, 0.2) is 23.5 Å². The summed E-state index contributed by atoms with van der Waals surface area (Å²) in [6.45, 7) is 3.97. The van der Waals surface area contributed by atoms with Gasteiger partial charge in [-0.15, -0.1) is 0 Å². The van der Waals surface area contributed by atoms with E-state index in [0.717, 1.165) is 68.3 Å². The lowest BCUT2D eigenvalue weighted by Crippen LogP contribution is -2.52. The average Bonchev–Trinajstić information content (AvgIpc) is 3.67. The lowest BCUT2D eigenvalue weighted by molar-refractivity contribution is -0.162. The zero-order valence-electron chi connectivity index (χ0n) is 25.1. The van der Waals surface area contributed by atoms with Crippen molar-refractivity contribution in [2.24, 2.45) is 28.3 Å². The van der Waals surface area contributed by atoms with Gasteiger partial charge in [-0.3, -0.25) is 14.4 Å². The Labute approximate surface area is 258 Å². The van der Waals surface area contributed by atoms with Gasteiger partial charge in [0.05, 0.1) is 28.8 Å². The van der Waals surface area contributed by atoms with Crippen molar-refractivity contribution in [3.8, 4) is 5.75 Å². The first-order valence-electron chi connectivity index (χ1n) is 15.8. The van der Waals surface area contributed by atoms with E-state index in [1.165, 1.54) is 0 Å². The lowest BCUT2D eigenvalue weighted by atomic mass is 9.66. The number of ether oxygens (including phenoxy) is 1. The number of aliphatic carboxylic acids is 1. The molecule has 2 amide bonds. The Morgan fingerprint density at radius 3 is 2.60 bits per heavy atom. The molecule has 5 N–H and O–H groups in total. The summed E-state index contributed by atoms with van der Waals surface area (Å²) >= 11 is 6.77. The molecule has 0 unspecified atom stereocenters. The van der Waals surface area contributed by atoms with Gasteiger partial charge in [-0.05, 0) is 81.4 Å². The van der Waals surface area contributed by atoms with Crippen molar-refractivity contribution in [1.29, 1.82) is 0 Å². The molecule has 2 saturated heterocycles. The molecule has 6 rings (SSSR count). The van der Waals surface area contributed by atoms with Gasteiger partial charge in [-0.1, -0.05) is 24.4 Å². The monoisotopic (exact) mass is 613 g/mol. The number of benzene rings is 1. The number of fused-ring (bicyclic) bond motifs is 1. The van der Waals surface area contributed by atoms with Crippen LogP contribution in [0.4, 0.5) is 0 Å². The normalized spacial score (nSPS) is 29.5. The maximum atomic E-state index is 14.4. The number of likely N-dealkylation sites (tertiary alicyclic amines) is 1. The number of nitrogens with zero attached hydrogens (tertiary/aromatic N) is 3. The molecular formula is C32H44ClN5O5. The number of carbonyl (C=O) groups excluding carboxylic acids is 2. The van der Waals surface area contributed by atoms with Gasteiger partial charge < -0.3 is 30.4 Å². The highest BCUT2D eigenvalue weighted by Gasteiger charge is 2.54. The highest BCUT2D eigenvalue weighted by atomic mass is 35.5. The third-order valence-electron chi connectivity index (χ3n) is 10.8. The Morgan fingerprint density at radius 1 is 1.12 bits per heavy atom. The molecule has 5 aliphatic rings.